The first kappa shape index (κ1) is 14.5. The zero-order valence-corrected chi connectivity index (χ0v) is 11.1. The summed E-state index contributed by atoms with van der Waals surface area (Å²) < 4.78 is 47.6. The van der Waals surface area contributed by atoms with E-state index >= 15 is 0 Å². The lowest BCUT2D eigenvalue weighted by Crippen LogP contribution is -2.18. The number of hydrogen-bond acceptors (Lipinski definition) is 3. The van der Waals surface area contributed by atoms with Crippen LogP contribution in [0.4, 0.5) is 13.2 Å². The molecule has 0 saturated carbocycles. The molecular formula is C12H10ClF3N2O2. The van der Waals surface area contributed by atoms with Gasteiger partial charge in [0.25, 0.3) is 0 Å². The molecule has 2 rings (SSSR count). The summed E-state index contributed by atoms with van der Waals surface area (Å²) in [5.74, 6) is -0.105. The molecule has 1 aromatic heterocycles. The van der Waals surface area contributed by atoms with Gasteiger partial charge in [-0.1, -0.05) is 17.7 Å². The summed E-state index contributed by atoms with van der Waals surface area (Å²) in [4.78, 5) is 0. The fraction of sp³-hybridized carbons (Fsp3) is 0.250. The number of aryl methyl sites for hydroxylation is 1. The molecular weight excluding hydrogens is 297 g/mol. The van der Waals surface area contributed by atoms with Gasteiger partial charge in [-0.25, -0.2) is 0 Å². The summed E-state index contributed by atoms with van der Waals surface area (Å²) in [5, 5.41) is 4.08. The van der Waals surface area contributed by atoms with Crippen molar-refractivity contribution in [2.45, 2.75) is 13.0 Å². The van der Waals surface area contributed by atoms with Gasteiger partial charge in [0, 0.05) is 19.3 Å². The normalized spacial score (nSPS) is 11.4. The minimum absolute atomic E-state index is 0.108. The van der Waals surface area contributed by atoms with Crippen LogP contribution in [0.3, 0.4) is 0 Å². The largest absolute Gasteiger partial charge is 0.573 e. The van der Waals surface area contributed by atoms with Crippen molar-refractivity contribution in [3.63, 3.8) is 0 Å². The predicted molar refractivity (Wildman–Crippen MR) is 65.7 cm³/mol. The maximum atomic E-state index is 12.3. The molecule has 0 unspecified atom stereocenters. The van der Waals surface area contributed by atoms with Crippen LogP contribution in [0.15, 0.2) is 30.5 Å². The Labute approximate surface area is 117 Å². The van der Waals surface area contributed by atoms with Crippen LogP contribution in [0.5, 0.6) is 11.6 Å². The first-order chi connectivity index (χ1) is 9.35. The zero-order chi connectivity index (χ0) is 14.8. The second-order valence-electron chi connectivity index (χ2n) is 3.88. The molecule has 108 valence electrons. The highest BCUT2D eigenvalue weighted by atomic mass is 35.5. The Morgan fingerprint density at radius 1 is 1.30 bits per heavy atom. The summed E-state index contributed by atoms with van der Waals surface area (Å²) in [6.07, 6.45) is -3.14. The smallest absolute Gasteiger partial charge is 0.472 e. The van der Waals surface area contributed by atoms with Crippen LogP contribution < -0.4 is 9.47 Å². The average molecular weight is 307 g/mol. The number of ether oxygens (including phenoxy) is 2. The third kappa shape index (κ3) is 3.80. The third-order valence-corrected chi connectivity index (χ3v) is 2.71. The molecule has 0 spiro atoms. The minimum atomic E-state index is -4.79. The van der Waals surface area contributed by atoms with Gasteiger partial charge in [-0.3, -0.25) is 4.68 Å². The van der Waals surface area contributed by atoms with Crippen LogP contribution in [-0.2, 0) is 13.7 Å². The van der Waals surface area contributed by atoms with E-state index in [-0.39, 0.29) is 28.8 Å². The number of aromatic nitrogens is 2. The first-order valence-electron chi connectivity index (χ1n) is 5.51. The Kier molecular flexibility index (Phi) is 4.08. The maximum Gasteiger partial charge on any atom is 0.573 e. The van der Waals surface area contributed by atoms with Gasteiger partial charge in [0.2, 0.25) is 5.88 Å². The van der Waals surface area contributed by atoms with Crippen molar-refractivity contribution in [1.29, 1.82) is 0 Å². The number of hydrogen-bond donors (Lipinski definition) is 0. The molecule has 0 aliphatic heterocycles. The highest BCUT2D eigenvalue weighted by Crippen LogP contribution is 2.31. The Balaban J connectivity index is 2.17. The lowest BCUT2D eigenvalue weighted by Gasteiger charge is -2.14. The highest BCUT2D eigenvalue weighted by molar-refractivity contribution is 6.31. The zero-order valence-electron chi connectivity index (χ0n) is 10.3. The second kappa shape index (κ2) is 5.62. The van der Waals surface area contributed by atoms with Gasteiger partial charge in [0.15, 0.2) is 0 Å². The topological polar surface area (TPSA) is 36.3 Å². The SMILES string of the molecule is Cn1ccc(OCc2c(Cl)cccc2OC(F)(F)F)n1. The van der Waals surface area contributed by atoms with E-state index in [0.717, 1.165) is 0 Å². The van der Waals surface area contributed by atoms with Gasteiger partial charge in [0.05, 0.1) is 10.6 Å². The lowest BCUT2D eigenvalue weighted by molar-refractivity contribution is -0.275. The van der Waals surface area contributed by atoms with Crippen molar-refractivity contribution in [1.82, 2.24) is 9.78 Å². The van der Waals surface area contributed by atoms with E-state index in [1.54, 1.807) is 19.3 Å². The summed E-state index contributed by atoms with van der Waals surface area (Å²) in [6, 6.07) is 5.59. The van der Waals surface area contributed by atoms with Gasteiger partial charge in [-0.15, -0.1) is 18.3 Å². The van der Waals surface area contributed by atoms with E-state index in [4.69, 9.17) is 16.3 Å². The average Bonchev–Trinajstić information content (AvgIpc) is 2.72. The highest BCUT2D eigenvalue weighted by Gasteiger charge is 2.32. The van der Waals surface area contributed by atoms with E-state index in [1.165, 1.54) is 22.9 Å². The van der Waals surface area contributed by atoms with Crippen LogP contribution in [0.2, 0.25) is 5.02 Å². The molecule has 2 aromatic rings. The molecule has 1 aromatic carbocycles. The Morgan fingerprint density at radius 2 is 2.05 bits per heavy atom. The predicted octanol–water partition coefficient (Wildman–Crippen LogP) is 3.55. The third-order valence-electron chi connectivity index (χ3n) is 2.36. The quantitative estimate of drug-likeness (QED) is 0.866. The van der Waals surface area contributed by atoms with Gasteiger partial charge in [0.1, 0.15) is 12.4 Å². The van der Waals surface area contributed by atoms with Gasteiger partial charge in [-0.05, 0) is 12.1 Å². The van der Waals surface area contributed by atoms with Crippen molar-refractivity contribution >= 4 is 11.6 Å². The van der Waals surface area contributed by atoms with Crippen LogP contribution in [0.25, 0.3) is 0 Å². The fourth-order valence-corrected chi connectivity index (χ4v) is 1.74. The van der Waals surface area contributed by atoms with Crippen LogP contribution in [0, 0.1) is 0 Å². The number of benzene rings is 1. The molecule has 0 atom stereocenters. The molecule has 4 nitrogen and oxygen atoms in total. The van der Waals surface area contributed by atoms with Crippen molar-refractivity contribution in [3.8, 4) is 11.6 Å². The summed E-state index contributed by atoms with van der Waals surface area (Å²) in [7, 11) is 1.69. The summed E-state index contributed by atoms with van der Waals surface area (Å²) >= 11 is 5.88. The minimum Gasteiger partial charge on any atom is -0.472 e. The van der Waals surface area contributed by atoms with Crippen LogP contribution >= 0.6 is 11.6 Å². The molecule has 0 fully saturated rings. The van der Waals surface area contributed by atoms with Crippen LogP contribution in [0.1, 0.15) is 5.56 Å². The van der Waals surface area contributed by atoms with Crippen molar-refractivity contribution in [3.05, 3.63) is 41.0 Å². The first-order valence-corrected chi connectivity index (χ1v) is 5.88. The Bertz CT molecular complexity index is 599. The summed E-state index contributed by atoms with van der Waals surface area (Å²) in [6.45, 7) is -0.178. The van der Waals surface area contributed by atoms with E-state index < -0.39 is 6.36 Å². The Hall–Kier alpha value is -1.89. The molecule has 0 amide bonds. The van der Waals surface area contributed by atoms with E-state index in [9.17, 15) is 13.2 Å². The van der Waals surface area contributed by atoms with Crippen molar-refractivity contribution < 1.29 is 22.6 Å². The van der Waals surface area contributed by atoms with Gasteiger partial charge < -0.3 is 9.47 Å². The van der Waals surface area contributed by atoms with E-state index in [1.807, 2.05) is 0 Å². The standard InChI is InChI=1S/C12H10ClF3N2O2/c1-18-6-5-11(17-18)19-7-8-9(13)3-2-4-10(8)20-12(14,15)16/h2-6H,7H2,1H3. The number of rotatable bonds is 4. The molecule has 0 aliphatic rings. The van der Waals surface area contributed by atoms with Gasteiger partial charge in [-0.2, -0.15) is 0 Å². The molecule has 0 radical (unpaired) electrons. The van der Waals surface area contributed by atoms with Crippen molar-refractivity contribution in [2.75, 3.05) is 0 Å². The molecule has 0 aliphatic carbocycles. The van der Waals surface area contributed by atoms with Crippen LogP contribution in [-0.4, -0.2) is 16.1 Å². The van der Waals surface area contributed by atoms with E-state index in [0.29, 0.717) is 0 Å². The fourth-order valence-electron chi connectivity index (χ4n) is 1.52. The molecule has 20 heavy (non-hydrogen) atoms. The molecule has 0 N–H and O–H groups in total. The van der Waals surface area contributed by atoms with Gasteiger partial charge >= 0.3 is 6.36 Å². The van der Waals surface area contributed by atoms with E-state index in [2.05, 4.69) is 9.84 Å². The summed E-state index contributed by atoms with van der Waals surface area (Å²) in [5.41, 5.74) is 0.108. The number of alkyl halides is 3. The van der Waals surface area contributed by atoms with Crippen molar-refractivity contribution in [2.24, 2.45) is 7.05 Å². The second-order valence-corrected chi connectivity index (χ2v) is 4.29. The number of halogens is 4. The molecule has 0 bridgehead atoms. The monoisotopic (exact) mass is 306 g/mol. The number of nitrogens with zero attached hydrogens (tertiary/aromatic N) is 2. The Morgan fingerprint density at radius 3 is 2.65 bits per heavy atom. The molecule has 8 heteroatoms. The molecule has 1 heterocycles. The molecule has 0 saturated heterocycles. The lowest BCUT2D eigenvalue weighted by atomic mass is 10.2. The maximum absolute atomic E-state index is 12.3.